The van der Waals surface area contributed by atoms with E-state index in [1.807, 2.05) is 68.4 Å². The molecule has 3 aromatic rings. The highest BCUT2D eigenvalue weighted by Crippen LogP contribution is 2.40. The summed E-state index contributed by atoms with van der Waals surface area (Å²) in [5, 5.41) is 0. The number of carbonyl (C=O) groups is 1. The Kier molecular flexibility index (Phi) is 8.02. The highest BCUT2D eigenvalue weighted by Gasteiger charge is 2.26. The lowest BCUT2D eigenvalue weighted by atomic mass is 9.79. The lowest BCUT2D eigenvalue weighted by molar-refractivity contribution is 0.0322. The van der Waals surface area contributed by atoms with Crippen LogP contribution in [0.5, 0.6) is 11.5 Å². The van der Waals surface area contributed by atoms with Gasteiger partial charge in [-0.1, -0.05) is 36.4 Å². The van der Waals surface area contributed by atoms with Gasteiger partial charge in [0, 0.05) is 30.8 Å². The van der Waals surface area contributed by atoms with E-state index >= 15 is 0 Å². The van der Waals surface area contributed by atoms with Gasteiger partial charge in [-0.05, 0) is 85.4 Å². The third-order valence-corrected chi connectivity index (χ3v) is 6.91. The molecular formula is C32H35NO4. The number of ketones is 1. The number of rotatable bonds is 9. The van der Waals surface area contributed by atoms with Gasteiger partial charge in [-0.3, -0.25) is 9.69 Å². The second-order valence-electron chi connectivity index (χ2n) is 9.86. The molecule has 0 radical (unpaired) electrons. The number of fused-ring (bicyclic) bond motifs is 1. The van der Waals surface area contributed by atoms with E-state index < -0.39 is 0 Å². The van der Waals surface area contributed by atoms with E-state index in [1.165, 1.54) is 0 Å². The van der Waals surface area contributed by atoms with E-state index in [0.717, 1.165) is 85.0 Å². The van der Waals surface area contributed by atoms with Gasteiger partial charge in [-0.15, -0.1) is 0 Å². The van der Waals surface area contributed by atoms with Crippen molar-refractivity contribution in [3.63, 3.8) is 0 Å². The molecule has 0 amide bonds. The number of morpholine rings is 1. The van der Waals surface area contributed by atoms with Crippen LogP contribution in [-0.4, -0.2) is 56.2 Å². The Morgan fingerprint density at radius 2 is 1.65 bits per heavy atom. The fourth-order valence-corrected chi connectivity index (χ4v) is 5.07. The molecule has 0 atom stereocenters. The van der Waals surface area contributed by atoms with Crippen molar-refractivity contribution in [2.75, 3.05) is 39.5 Å². The summed E-state index contributed by atoms with van der Waals surface area (Å²) in [6, 6.07) is 23.9. The van der Waals surface area contributed by atoms with E-state index in [0.29, 0.717) is 12.2 Å². The fourth-order valence-electron chi connectivity index (χ4n) is 5.07. The molecule has 1 heterocycles. The number of hydrogen-bond donors (Lipinski definition) is 0. The van der Waals surface area contributed by atoms with Crippen molar-refractivity contribution in [3.05, 3.63) is 95.1 Å². The van der Waals surface area contributed by atoms with E-state index in [4.69, 9.17) is 14.2 Å². The van der Waals surface area contributed by atoms with Crippen LogP contribution in [0.2, 0.25) is 0 Å². The van der Waals surface area contributed by atoms with E-state index in [-0.39, 0.29) is 11.9 Å². The first-order valence-electron chi connectivity index (χ1n) is 13.2. The van der Waals surface area contributed by atoms with Crippen molar-refractivity contribution in [3.8, 4) is 11.5 Å². The molecule has 0 N–H and O–H groups in total. The number of hydrogen-bond acceptors (Lipinski definition) is 5. The van der Waals surface area contributed by atoms with Crippen LogP contribution in [0.15, 0.2) is 72.8 Å². The minimum Gasteiger partial charge on any atom is -0.492 e. The third kappa shape index (κ3) is 6.12. The summed E-state index contributed by atoms with van der Waals surface area (Å²) in [4.78, 5) is 16.3. The zero-order chi connectivity index (χ0) is 25.6. The molecule has 5 heteroatoms. The molecule has 0 aromatic heterocycles. The van der Waals surface area contributed by atoms with Crippen LogP contribution in [0.4, 0.5) is 0 Å². The van der Waals surface area contributed by atoms with Gasteiger partial charge in [0.2, 0.25) is 0 Å². The molecule has 2 aliphatic rings. The van der Waals surface area contributed by atoms with Crippen LogP contribution < -0.4 is 9.47 Å². The van der Waals surface area contributed by atoms with Gasteiger partial charge >= 0.3 is 0 Å². The molecule has 37 heavy (non-hydrogen) atoms. The quantitative estimate of drug-likeness (QED) is 0.343. The maximum Gasteiger partial charge on any atom is 0.193 e. The Morgan fingerprint density at radius 1 is 0.919 bits per heavy atom. The summed E-state index contributed by atoms with van der Waals surface area (Å²) in [5.41, 5.74) is 5.80. The summed E-state index contributed by atoms with van der Waals surface area (Å²) < 4.78 is 17.3. The highest BCUT2D eigenvalue weighted by molar-refractivity contribution is 6.35. The average molecular weight is 498 g/mol. The number of allylic oxidation sites excluding steroid dienone is 2. The summed E-state index contributed by atoms with van der Waals surface area (Å²) >= 11 is 0. The van der Waals surface area contributed by atoms with Gasteiger partial charge in [0.05, 0.1) is 19.3 Å². The zero-order valence-corrected chi connectivity index (χ0v) is 21.7. The minimum absolute atomic E-state index is 0.0391. The molecule has 192 valence electrons. The molecule has 1 aliphatic carbocycles. The first kappa shape index (κ1) is 25.2. The Bertz CT molecular complexity index is 1240. The molecule has 1 aliphatic heterocycles. The van der Waals surface area contributed by atoms with Gasteiger partial charge in [-0.25, -0.2) is 0 Å². The van der Waals surface area contributed by atoms with E-state index in [2.05, 4.69) is 23.1 Å². The smallest absolute Gasteiger partial charge is 0.193 e. The number of ether oxygens (including phenoxy) is 3. The van der Waals surface area contributed by atoms with Crippen LogP contribution in [0.1, 0.15) is 47.3 Å². The number of benzene rings is 3. The van der Waals surface area contributed by atoms with Gasteiger partial charge in [-0.2, -0.15) is 0 Å². The highest BCUT2D eigenvalue weighted by atomic mass is 16.5. The standard InChI is InChI=1S/C32H35NO4/c1-23(2)37-28-13-15-30-26(22-28)10-14-29(24-6-4-3-5-7-24)31(30)32(34)25-8-11-27(12-9-25)36-21-18-33-16-19-35-20-17-33/h3-9,11-13,15,22-23H,10,14,16-21H2,1-2H3. The largest absolute Gasteiger partial charge is 0.492 e. The van der Waals surface area contributed by atoms with Crippen LogP contribution >= 0.6 is 0 Å². The minimum atomic E-state index is 0.0391. The van der Waals surface area contributed by atoms with Crippen LogP contribution in [0.25, 0.3) is 11.1 Å². The number of Topliss-reactive ketones (excluding diaryl/α,β-unsaturated/α-hetero) is 1. The Hall–Kier alpha value is -3.41. The molecule has 1 saturated heterocycles. The molecule has 0 bridgehead atoms. The normalized spacial score (nSPS) is 16.0. The predicted octanol–water partition coefficient (Wildman–Crippen LogP) is 5.92. The molecular weight excluding hydrogens is 462 g/mol. The van der Waals surface area contributed by atoms with Gasteiger partial charge in [0.1, 0.15) is 18.1 Å². The molecule has 0 spiro atoms. The van der Waals surface area contributed by atoms with Gasteiger partial charge < -0.3 is 14.2 Å². The number of aryl methyl sites for hydroxylation is 1. The lowest BCUT2D eigenvalue weighted by Gasteiger charge is -2.26. The van der Waals surface area contributed by atoms with Crippen molar-refractivity contribution in [1.82, 2.24) is 4.90 Å². The average Bonchev–Trinajstić information content (AvgIpc) is 2.93. The molecule has 0 saturated carbocycles. The molecule has 3 aromatic carbocycles. The van der Waals surface area contributed by atoms with Gasteiger partial charge in [0.25, 0.3) is 0 Å². The summed E-state index contributed by atoms with van der Waals surface area (Å²) in [6.07, 6.45) is 1.79. The second kappa shape index (κ2) is 11.8. The summed E-state index contributed by atoms with van der Waals surface area (Å²) in [5.74, 6) is 1.67. The van der Waals surface area contributed by atoms with E-state index in [1.54, 1.807) is 0 Å². The van der Waals surface area contributed by atoms with Crippen molar-refractivity contribution >= 4 is 16.9 Å². The Balaban J connectivity index is 1.39. The first-order chi connectivity index (χ1) is 18.1. The predicted molar refractivity (Wildman–Crippen MR) is 147 cm³/mol. The number of nitrogens with zero attached hydrogens (tertiary/aromatic N) is 1. The maximum atomic E-state index is 14.0. The van der Waals surface area contributed by atoms with E-state index in [9.17, 15) is 4.79 Å². The van der Waals surface area contributed by atoms with Crippen molar-refractivity contribution in [2.45, 2.75) is 32.8 Å². The number of carbonyl (C=O) groups excluding carboxylic acids is 1. The van der Waals surface area contributed by atoms with Crippen molar-refractivity contribution < 1.29 is 19.0 Å². The maximum absolute atomic E-state index is 14.0. The zero-order valence-electron chi connectivity index (χ0n) is 21.7. The van der Waals surface area contributed by atoms with Crippen LogP contribution in [-0.2, 0) is 11.2 Å². The molecule has 5 nitrogen and oxygen atoms in total. The Labute approximate surface area is 219 Å². The van der Waals surface area contributed by atoms with Crippen LogP contribution in [0.3, 0.4) is 0 Å². The fraction of sp³-hybridized carbons (Fsp3) is 0.344. The third-order valence-electron chi connectivity index (χ3n) is 6.91. The SMILES string of the molecule is CC(C)Oc1ccc2c(c1)CCC(c1ccccc1)=C2C(=O)c1ccc(OCCN2CCOCC2)cc1. The lowest BCUT2D eigenvalue weighted by Crippen LogP contribution is -2.38. The second-order valence-corrected chi connectivity index (χ2v) is 9.86. The van der Waals surface area contributed by atoms with Crippen LogP contribution in [0, 0.1) is 0 Å². The monoisotopic (exact) mass is 497 g/mol. The van der Waals surface area contributed by atoms with Crippen molar-refractivity contribution in [2.24, 2.45) is 0 Å². The Morgan fingerprint density at radius 3 is 2.38 bits per heavy atom. The summed E-state index contributed by atoms with van der Waals surface area (Å²) in [6.45, 7) is 9.00. The topological polar surface area (TPSA) is 48.0 Å². The molecule has 5 rings (SSSR count). The van der Waals surface area contributed by atoms with Crippen molar-refractivity contribution in [1.29, 1.82) is 0 Å². The van der Waals surface area contributed by atoms with Gasteiger partial charge in [0.15, 0.2) is 5.78 Å². The molecule has 0 unspecified atom stereocenters. The summed E-state index contributed by atoms with van der Waals surface area (Å²) in [7, 11) is 0. The molecule has 1 fully saturated rings. The first-order valence-corrected chi connectivity index (χ1v) is 13.2.